The fourth-order valence-electron chi connectivity index (χ4n) is 6.84. The van der Waals surface area contributed by atoms with Crippen molar-refractivity contribution in [3.05, 3.63) is 254 Å². The SMILES string of the molecule is C(=C\C=C\c1ccc(-c2ccc(N(c3ccccc3)c3ccccc3)cc2)cc1)/C=C/c1ccc(-c2ccc(N(c3ccccc3)c3ccccc3)cc2)cc1. The number of anilines is 6. The van der Waals surface area contributed by atoms with Gasteiger partial charge in [-0.3, -0.25) is 0 Å². The lowest BCUT2D eigenvalue weighted by atomic mass is 10.0. The highest BCUT2D eigenvalue weighted by Crippen LogP contribution is 2.37. The first-order valence-corrected chi connectivity index (χ1v) is 19.0. The first-order valence-electron chi connectivity index (χ1n) is 19.0. The van der Waals surface area contributed by atoms with Gasteiger partial charge in [-0.15, -0.1) is 0 Å². The van der Waals surface area contributed by atoms with Gasteiger partial charge in [0.1, 0.15) is 0 Å². The van der Waals surface area contributed by atoms with E-state index >= 15 is 0 Å². The van der Waals surface area contributed by atoms with Gasteiger partial charge in [0.25, 0.3) is 0 Å². The molecular formula is C54H42N2. The Morgan fingerprint density at radius 3 is 0.714 bits per heavy atom. The van der Waals surface area contributed by atoms with Gasteiger partial charge < -0.3 is 9.80 Å². The Balaban J connectivity index is 0.863. The number of allylic oxidation sites excluding steroid dienone is 4. The van der Waals surface area contributed by atoms with Crippen molar-refractivity contribution in [1.82, 2.24) is 0 Å². The Kier molecular flexibility index (Phi) is 11.2. The normalized spacial score (nSPS) is 11.4. The van der Waals surface area contributed by atoms with E-state index in [1.165, 1.54) is 22.3 Å². The minimum Gasteiger partial charge on any atom is -0.311 e. The van der Waals surface area contributed by atoms with Crippen LogP contribution in [0.15, 0.2) is 243 Å². The molecule has 0 bridgehead atoms. The van der Waals surface area contributed by atoms with Crippen molar-refractivity contribution in [1.29, 1.82) is 0 Å². The number of hydrogen-bond acceptors (Lipinski definition) is 2. The molecule has 0 radical (unpaired) electrons. The van der Waals surface area contributed by atoms with Gasteiger partial charge in [-0.25, -0.2) is 0 Å². The molecule has 2 heteroatoms. The second kappa shape index (κ2) is 17.6. The molecule has 0 aliphatic rings. The van der Waals surface area contributed by atoms with E-state index in [-0.39, 0.29) is 0 Å². The van der Waals surface area contributed by atoms with Crippen molar-refractivity contribution in [2.75, 3.05) is 9.80 Å². The number of nitrogens with zero attached hydrogens (tertiary/aromatic N) is 2. The van der Waals surface area contributed by atoms with Gasteiger partial charge in [0.15, 0.2) is 0 Å². The van der Waals surface area contributed by atoms with Gasteiger partial charge in [-0.2, -0.15) is 0 Å². The molecule has 0 aliphatic heterocycles. The van der Waals surface area contributed by atoms with E-state index in [0.717, 1.165) is 45.3 Å². The van der Waals surface area contributed by atoms with Gasteiger partial charge in [-0.05, 0) is 106 Å². The summed E-state index contributed by atoms with van der Waals surface area (Å²) in [5.41, 5.74) is 13.9. The van der Waals surface area contributed by atoms with Crippen LogP contribution >= 0.6 is 0 Å². The number of hydrogen-bond donors (Lipinski definition) is 0. The predicted octanol–water partition coefficient (Wildman–Crippen LogP) is 15.2. The molecule has 0 unspecified atom stereocenters. The first-order chi connectivity index (χ1) is 27.8. The summed E-state index contributed by atoms with van der Waals surface area (Å²) in [7, 11) is 0. The Morgan fingerprint density at radius 2 is 0.446 bits per heavy atom. The lowest BCUT2D eigenvalue weighted by molar-refractivity contribution is 1.28. The quantitative estimate of drug-likeness (QED) is 0.116. The van der Waals surface area contributed by atoms with Gasteiger partial charge >= 0.3 is 0 Å². The minimum atomic E-state index is 1.13. The lowest BCUT2D eigenvalue weighted by Gasteiger charge is -2.25. The van der Waals surface area contributed by atoms with Gasteiger partial charge in [0, 0.05) is 34.1 Å². The Labute approximate surface area is 330 Å². The largest absolute Gasteiger partial charge is 0.311 e. The minimum absolute atomic E-state index is 1.13. The number of benzene rings is 8. The molecule has 268 valence electrons. The topological polar surface area (TPSA) is 6.48 Å². The molecule has 0 aromatic heterocycles. The Hall–Kier alpha value is -7.42. The Morgan fingerprint density at radius 1 is 0.214 bits per heavy atom. The van der Waals surface area contributed by atoms with Gasteiger partial charge in [0.2, 0.25) is 0 Å². The van der Waals surface area contributed by atoms with Crippen molar-refractivity contribution in [3.63, 3.8) is 0 Å². The summed E-state index contributed by atoms with van der Waals surface area (Å²) in [6, 6.07) is 77.0. The molecule has 0 saturated heterocycles. The average Bonchev–Trinajstić information content (AvgIpc) is 3.28. The molecule has 2 nitrogen and oxygen atoms in total. The maximum atomic E-state index is 2.28. The molecule has 0 fully saturated rings. The van der Waals surface area contributed by atoms with Crippen LogP contribution in [0.25, 0.3) is 34.4 Å². The van der Waals surface area contributed by atoms with Crippen LogP contribution < -0.4 is 9.80 Å². The van der Waals surface area contributed by atoms with Crippen LogP contribution in [0.4, 0.5) is 34.1 Å². The molecule has 8 aromatic rings. The van der Waals surface area contributed by atoms with Crippen LogP contribution in [-0.2, 0) is 0 Å². The third-order valence-electron chi connectivity index (χ3n) is 9.71. The third kappa shape index (κ3) is 8.68. The van der Waals surface area contributed by atoms with E-state index in [0.29, 0.717) is 0 Å². The summed E-state index contributed by atoms with van der Waals surface area (Å²) in [6.07, 6.45) is 12.6. The summed E-state index contributed by atoms with van der Waals surface area (Å²) in [5, 5.41) is 0. The lowest BCUT2D eigenvalue weighted by Crippen LogP contribution is -2.09. The highest BCUT2D eigenvalue weighted by molar-refractivity contribution is 5.80. The van der Waals surface area contributed by atoms with Gasteiger partial charge in [0.05, 0.1) is 0 Å². The Bertz CT molecular complexity index is 2240. The zero-order chi connectivity index (χ0) is 37.8. The average molecular weight is 719 g/mol. The van der Waals surface area contributed by atoms with Crippen LogP contribution in [0.5, 0.6) is 0 Å². The third-order valence-corrected chi connectivity index (χ3v) is 9.71. The van der Waals surface area contributed by atoms with Crippen molar-refractivity contribution in [2.24, 2.45) is 0 Å². The van der Waals surface area contributed by atoms with Crippen LogP contribution in [0.1, 0.15) is 11.1 Å². The summed E-state index contributed by atoms with van der Waals surface area (Å²) < 4.78 is 0. The smallest absolute Gasteiger partial charge is 0.0462 e. The highest BCUT2D eigenvalue weighted by atomic mass is 15.1. The van der Waals surface area contributed by atoms with Crippen LogP contribution in [-0.4, -0.2) is 0 Å². The first kappa shape index (κ1) is 35.6. The number of para-hydroxylation sites is 4. The number of rotatable bonds is 12. The highest BCUT2D eigenvalue weighted by Gasteiger charge is 2.13. The molecule has 0 spiro atoms. The van der Waals surface area contributed by atoms with Crippen LogP contribution in [0.2, 0.25) is 0 Å². The summed E-state index contributed by atoms with van der Waals surface area (Å²) >= 11 is 0. The molecule has 0 saturated carbocycles. The summed E-state index contributed by atoms with van der Waals surface area (Å²) in [4.78, 5) is 4.56. The van der Waals surface area contributed by atoms with Crippen molar-refractivity contribution >= 4 is 46.3 Å². The molecule has 8 rings (SSSR count). The fourth-order valence-corrected chi connectivity index (χ4v) is 6.84. The maximum absolute atomic E-state index is 2.28. The molecule has 0 atom stereocenters. The predicted molar refractivity (Wildman–Crippen MR) is 240 cm³/mol. The molecule has 0 N–H and O–H groups in total. The van der Waals surface area contributed by atoms with E-state index in [2.05, 4.69) is 265 Å². The van der Waals surface area contributed by atoms with Crippen molar-refractivity contribution < 1.29 is 0 Å². The maximum Gasteiger partial charge on any atom is 0.0462 e. The van der Waals surface area contributed by atoms with E-state index in [9.17, 15) is 0 Å². The molecule has 0 heterocycles. The van der Waals surface area contributed by atoms with Crippen molar-refractivity contribution in [3.8, 4) is 22.3 Å². The fraction of sp³-hybridized carbons (Fsp3) is 0. The molecule has 0 amide bonds. The molecule has 56 heavy (non-hydrogen) atoms. The standard InChI is InChI=1S/C54H42N2/c1(7-17-43-27-31-45(32-28-43)47-35-39-53(40-36-47)55(49-19-9-3-10-20-49)50-21-11-4-12-22-50)2-8-18-44-29-33-46(34-30-44)48-37-41-54(42-38-48)56(51-23-13-5-14-24-51)52-25-15-6-16-26-52/h1-42H/b2-1+,17-7+,18-8+. The summed E-state index contributed by atoms with van der Waals surface area (Å²) in [6.45, 7) is 0. The monoisotopic (exact) mass is 718 g/mol. The van der Waals surface area contributed by atoms with E-state index < -0.39 is 0 Å². The van der Waals surface area contributed by atoms with Crippen molar-refractivity contribution in [2.45, 2.75) is 0 Å². The van der Waals surface area contributed by atoms with E-state index in [4.69, 9.17) is 0 Å². The zero-order valence-corrected chi connectivity index (χ0v) is 31.1. The van der Waals surface area contributed by atoms with Crippen LogP contribution in [0.3, 0.4) is 0 Å². The molecule has 0 aliphatic carbocycles. The molecular weight excluding hydrogens is 677 g/mol. The second-order valence-corrected chi connectivity index (χ2v) is 13.5. The zero-order valence-electron chi connectivity index (χ0n) is 31.1. The molecule has 8 aromatic carbocycles. The second-order valence-electron chi connectivity index (χ2n) is 13.5. The van der Waals surface area contributed by atoms with Gasteiger partial charge in [-0.1, -0.05) is 182 Å². The van der Waals surface area contributed by atoms with E-state index in [1.54, 1.807) is 0 Å². The summed E-state index contributed by atoms with van der Waals surface area (Å²) in [5.74, 6) is 0. The van der Waals surface area contributed by atoms with Crippen LogP contribution in [0, 0.1) is 0 Å². The van der Waals surface area contributed by atoms with E-state index in [1.807, 2.05) is 0 Å².